The minimum atomic E-state index is -0.588. The molecule has 0 atom stereocenters. The van der Waals surface area contributed by atoms with E-state index in [1.54, 1.807) is 22.3 Å². The lowest BCUT2D eigenvalue weighted by Gasteiger charge is -2.34. The van der Waals surface area contributed by atoms with Crippen molar-refractivity contribution in [3.63, 3.8) is 0 Å². The second kappa shape index (κ2) is 8.22. The molecule has 132 valence electrons. The van der Waals surface area contributed by atoms with Crippen LogP contribution < -0.4 is 5.32 Å². The minimum absolute atomic E-state index is 0.0455. The van der Waals surface area contributed by atoms with E-state index in [-0.39, 0.29) is 18.0 Å². The van der Waals surface area contributed by atoms with Crippen LogP contribution in [0.2, 0.25) is 0 Å². The largest absolute Gasteiger partial charge is 0.343 e. The lowest BCUT2D eigenvalue weighted by Crippen LogP contribution is -2.50. The molecule has 0 unspecified atom stereocenters. The SMILES string of the molecule is O=C(NCC(=O)N1CCN(Cc2ccsc2)CC1)c1ccccc1F. The molecular formula is C18H20FN3O2S. The van der Waals surface area contributed by atoms with Crippen molar-refractivity contribution >= 4 is 23.2 Å². The van der Waals surface area contributed by atoms with Gasteiger partial charge in [-0.25, -0.2) is 4.39 Å². The fraction of sp³-hybridized carbons (Fsp3) is 0.333. The van der Waals surface area contributed by atoms with Crippen LogP contribution in [0, 0.1) is 5.82 Å². The standard InChI is InChI=1S/C18H20FN3O2S/c19-16-4-2-1-3-15(16)18(24)20-11-17(23)22-8-6-21(7-9-22)12-14-5-10-25-13-14/h1-5,10,13H,6-9,11-12H2,(H,20,24). The van der Waals surface area contributed by atoms with Gasteiger partial charge >= 0.3 is 0 Å². The van der Waals surface area contributed by atoms with E-state index >= 15 is 0 Å². The maximum Gasteiger partial charge on any atom is 0.254 e. The predicted molar refractivity (Wildman–Crippen MR) is 94.9 cm³/mol. The van der Waals surface area contributed by atoms with Gasteiger partial charge in [0.15, 0.2) is 0 Å². The number of thiophene rings is 1. The second-order valence-electron chi connectivity index (χ2n) is 5.95. The number of carbonyl (C=O) groups excluding carboxylic acids is 2. The zero-order valence-electron chi connectivity index (χ0n) is 13.8. The fourth-order valence-corrected chi connectivity index (χ4v) is 3.46. The van der Waals surface area contributed by atoms with Crippen LogP contribution >= 0.6 is 11.3 Å². The Morgan fingerprint density at radius 2 is 1.88 bits per heavy atom. The monoisotopic (exact) mass is 361 g/mol. The number of hydrogen-bond acceptors (Lipinski definition) is 4. The molecule has 5 nitrogen and oxygen atoms in total. The first kappa shape index (κ1) is 17.6. The van der Waals surface area contributed by atoms with Crippen molar-refractivity contribution in [1.82, 2.24) is 15.1 Å². The average Bonchev–Trinajstić information content (AvgIpc) is 3.13. The maximum atomic E-state index is 13.6. The van der Waals surface area contributed by atoms with Crippen LogP contribution in [0.25, 0.3) is 0 Å². The van der Waals surface area contributed by atoms with Crippen LogP contribution in [0.15, 0.2) is 41.1 Å². The molecule has 0 saturated carbocycles. The van der Waals surface area contributed by atoms with E-state index in [4.69, 9.17) is 0 Å². The quantitative estimate of drug-likeness (QED) is 0.886. The third-order valence-corrected chi connectivity index (χ3v) is 4.96. The molecule has 2 amide bonds. The van der Waals surface area contributed by atoms with Crippen molar-refractivity contribution in [1.29, 1.82) is 0 Å². The number of benzene rings is 1. The molecule has 0 radical (unpaired) electrons. The van der Waals surface area contributed by atoms with Gasteiger partial charge in [-0.2, -0.15) is 11.3 Å². The first-order valence-electron chi connectivity index (χ1n) is 8.17. The van der Waals surface area contributed by atoms with E-state index in [2.05, 4.69) is 27.0 Å². The van der Waals surface area contributed by atoms with Gasteiger partial charge in [0.25, 0.3) is 5.91 Å². The number of nitrogens with zero attached hydrogens (tertiary/aromatic N) is 2. The molecule has 1 N–H and O–H groups in total. The zero-order chi connectivity index (χ0) is 17.6. The van der Waals surface area contributed by atoms with Gasteiger partial charge in [0.1, 0.15) is 5.82 Å². The predicted octanol–water partition coefficient (Wildman–Crippen LogP) is 1.96. The van der Waals surface area contributed by atoms with Crippen molar-refractivity contribution in [2.24, 2.45) is 0 Å². The highest BCUT2D eigenvalue weighted by molar-refractivity contribution is 7.07. The Morgan fingerprint density at radius 3 is 2.56 bits per heavy atom. The molecule has 3 rings (SSSR count). The Labute approximate surface area is 150 Å². The summed E-state index contributed by atoms with van der Waals surface area (Å²) in [6, 6.07) is 7.85. The molecule has 0 bridgehead atoms. The number of hydrogen-bond donors (Lipinski definition) is 1. The van der Waals surface area contributed by atoms with Crippen LogP contribution in [-0.2, 0) is 11.3 Å². The Morgan fingerprint density at radius 1 is 1.12 bits per heavy atom. The Kier molecular flexibility index (Phi) is 5.78. The molecule has 1 aromatic heterocycles. The molecule has 1 aliphatic rings. The molecule has 7 heteroatoms. The van der Waals surface area contributed by atoms with Gasteiger partial charge in [0, 0.05) is 32.7 Å². The topological polar surface area (TPSA) is 52.7 Å². The third kappa shape index (κ3) is 4.64. The molecule has 1 fully saturated rings. The first-order chi connectivity index (χ1) is 12.1. The molecule has 1 saturated heterocycles. The highest BCUT2D eigenvalue weighted by atomic mass is 32.1. The minimum Gasteiger partial charge on any atom is -0.343 e. The maximum absolute atomic E-state index is 13.6. The van der Waals surface area contributed by atoms with Crippen molar-refractivity contribution in [3.05, 3.63) is 58.0 Å². The Balaban J connectivity index is 1.43. The third-order valence-electron chi connectivity index (χ3n) is 4.23. The summed E-state index contributed by atoms with van der Waals surface area (Å²) >= 11 is 1.68. The number of nitrogens with one attached hydrogen (secondary N) is 1. The summed E-state index contributed by atoms with van der Waals surface area (Å²) in [7, 11) is 0. The van der Waals surface area contributed by atoms with E-state index in [1.807, 2.05) is 0 Å². The van der Waals surface area contributed by atoms with Crippen LogP contribution in [-0.4, -0.2) is 54.3 Å². The van der Waals surface area contributed by atoms with Gasteiger partial charge in [0.2, 0.25) is 5.91 Å². The van der Waals surface area contributed by atoms with Gasteiger partial charge in [0.05, 0.1) is 12.1 Å². The lowest BCUT2D eigenvalue weighted by molar-refractivity contribution is -0.131. The summed E-state index contributed by atoms with van der Waals surface area (Å²) in [5.74, 6) is -1.29. The summed E-state index contributed by atoms with van der Waals surface area (Å²) in [5, 5.41) is 6.70. The molecule has 0 aliphatic carbocycles. The summed E-state index contributed by atoms with van der Waals surface area (Å²) in [6.07, 6.45) is 0. The van der Waals surface area contributed by atoms with Crippen LogP contribution in [0.5, 0.6) is 0 Å². The van der Waals surface area contributed by atoms with Crippen molar-refractivity contribution < 1.29 is 14.0 Å². The number of halogens is 1. The first-order valence-corrected chi connectivity index (χ1v) is 9.11. The van der Waals surface area contributed by atoms with Crippen LogP contribution in [0.1, 0.15) is 15.9 Å². The van der Waals surface area contributed by atoms with Crippen molar-refractivity contribution in [2.45, 2.75) is 6.54 Å². The van der Waals surface area contributed by atoms with E-state index in [9.17, 15) is 14.0 Å². The second-order valence-corrected chi connectivity index (χ2v) is 6.73. The summed E-state index contributed by atoms with van der Waals surface area (Å²) in [6.45, 7) is 3.68. The molecule has 2 aromatic rings. The van der Waals surface area contributed by atoms with E-state index in [0.29, 0.717) is 13.1 Å². The molecule has 1 aliphatic heterocycles. The summed E-state index contributed by atoms with van der Waals surface area (Å²) in [4.78, 5) is 28.2. The van der Waals surface area contributed by atoms with Crippen LogP contribution in [0.3, 0.4) is 0 Å². The van der Waals surface area contributed by atoms with E-state index in [0.717, 1.165) is 19.6 Å². The number of amides is 2. The number of rotatable bonds is 5. The summed E-state index contributed by atoms with van der Waals surface area (Å²) < 4.78 is 13.6. The average molecular weight is 361 g/mol. The van der Waals surface area contributed by atoms with Gasteiger partial charge in [-0.05, 0) is 34.5 Å². The summed E-state index contributed by atoms with van der Waals surface area (Å²) in [5.41, 5.74) is 1.25. The number of piperazine rings is 1. The Bertz CT molecular complexity index is 728. The smallest absolute Gasteiger partial charge is 0.254 e. The molecule has 25 heavy (non-hydrogen) atoms. The number of carbonyl (C=O) groups is 2. The van der Waals surface area contributed by atoms with Gasteiger partial charge in [-0.3, -0.25) is 14.5 Å². The van der Waals surface area contributed by atoms with Crippen molar-refractivity contribution in [3.8, 4) is 0 Å². The van der Waals surface area contributed by atoms with E-state index in [1.165, 1.54) is 23.8 Å². The van der Waals surface area contributed by atoms with Gasteiger partial charge in [-0.15, -0.1) is 0 Å². The fourth-order valence-electron chi connectivity index (χ4n) is 2.80. The molecular weight excluding hydrogens is 341 g/mol. The molecule has 2 heterocycles. The van der Waals surface area contributed by atoms with E-state index < -0.39 is 11.7 Å². The van der Waals surface area contributed by atoms with Gasteiger partial charge in [-0.1, -0.05) is 12.1 Å². The highest BCUT2D eigenvalue weighted by Crippen LogP contribution is 2.12. The van der Waals surface area contributed by atoms with Crippen molar-refractivity contribution in [2.75, 3.05) is 32.7 Å². The zero-order valence-corrected chi connectivity index (χ0v) is 14.6. The van der Waals surface area contributed by atoms with Gasteiger partial charge < -0.3 is 10.2 Å². The normalized spacial score (nSPS) is 15.2. The highest BCUT2D eigenvalue weighted by Gasteiger charge is 2.22. The van der Waals surface area contributed by atoms with Crippen LogP contribution in [0.4, 0.5) is 4.39 Å². The molecule has 0 spiro atoms. The lowest BCUT2D eigenvalue weighted by atomic mass is 10.2. The Hall–Kier alpha value is -2.25. The molecule has 1 aromatic carbocycles.